The molecule has 0 aliphatic carbocycles. The van der Waals surface area contributed by atoms with Gasteiger partial charge < -0.3 is 14.6 Å². The van der Waals surface area contributed by atoms with E-state index in [1.54, 1.807) is 26.5 Å². The second-order valence-corrected chi connectivity index (χ2v) is 4.44. The molecular weight excluding hydrogens is 232 g/mol. The molecule has 0 amide bonds. The van der Waals surface area contributed by atoms with Crippen molar-refractivity contribution in [1.29, 1.82) is 0 Å². The van der Waals surface area contributed by atoms with Gasteiger partial charge in [0.1, 0.15) is 5.69 Å². The maximum atomic E-state index is 9.32. The Balaban J connectivity index is 2.18. The third kappa shape index (κ3) is 2.57. The van der Waals surface area contributed by atoms with E-state index in [0.29, 0.717) is 18.0 Å². The largest absolute Gasteiger partial charge is 0.493 e. The van der Waals surface area contributed by atoms with Gasteiger partial charge in [0.05, 0.1) is 20.8 Å². The number of hydrogen-bond acceptors (Lipinski definition) is 5. The van der Waals surface area contributed by atoms with Crippen molar-refractivity contribution in [1.82, 2.24) is 9.88 Å². The highest BCUT2D eigenvalue weighted by atomic mass is 16.5. The van der Waals surface area contributed by atoms with Crippen molar-refractivity contribution in [2.45, 2.75) is 25.4 Å². The normalized spacial score (nSPS) is 20.1. The number of pyridine rings is 1. The number of aliphatic hydroxyl groups is 1. The minimum Gasteiger partial charge on any atom is -0.493 e. The zero-order chi connectivity index (χ0) is 13.0. The number of ether oxygens (including phenoxy) is 2. The predicted molar refractivity (Wildman–Crippen MR) is 67.9 cm³/mol. The first-order valence-electron chi connectivity index (χ1n) is 6.21. The summed E-state index contributed by atoms with van der Waals surface area (Å²) < 4.78 is 10.6. The fourth-order valence-electron chi connectivity index (χ4n) is 2.47. The molecule has 0 spiro atoms. The van der Waals surface area contributed by atoms with Crippen molar-refractivity contribution in [3.63, 3.8) is 0 Å². The quantitative estimate of drug-likeness (QED) is 0.849. The summed E-state index contributed by atoms with van der Waals surface area (Å²) in [5.74, 6) is 1.38. The Morgan fingerprint density at radius 2 is 2.28 bits per heavy atom. The van der Waals surface area contributed by atoms with Crippen molar-refractivity contribution >= 4 is 0 Å². The average molecular weight is 252 g/mol. The molecule has 1 aliphatic heterocycles. The lowest BCUT2D eigenvalue weighted by Gasteiger charge is -2.23. The van der Waals surface area contributed by atoms with Crippen LogP contribution in [0.25, 0.3) is 0 Å². The molecule has 1 fully saturated rings. The van der Waals surface area contributed by atoms with Gasteiger partial charge in [-0.2, -0.15) is 0 Å². The number of rotatable bonds is 5. The van der Waals surface area contributed by atoms with Crippen LogP contribution in [0.3, 0.4) is 0 Å². The van der Waals surface area contributed by atoms with Crippen LogP contribution in [0.15, 0.2) is 12.3 Å². The molecule has 1 unspecified atom stereocenters. The highest BCUT2D eigenvalue weighted by Crippen LogP contribution is 2.31. The van der Waals surface area contributed by atoms with Crippen LogP contribution in [-0.4, -0.2) is 48.4 Å². The summed E-state index contributed by atoms with van der Waals surface area (Å²) in [4.78, 5) is 6.60. The first-order chi connectivity index (χ1) is 8.80. The smallest absolute Gasteiger partial charge is 0.183 e. The van der Waals surface area contributed by atoms with Crippen molar-refractivity contribution in [2.24, 2.45) is 0 Å². The Morgan fingerprint density at radius 3 is 2.94 bits per heavy atom. The molecule has 1 aromatic heterocycles. The van der Waals surface area contributed by atoms with E-state index < -0.39 is 0 Å². The number of nitrogens with zero attached hydrogens (tertiary/aromatic N) is 2. The fraction of sp³-hybridized carbons (Fsp3) is 0.615. The topological polar surface area (TPSA) is 54.8 Å². The summed E-state index contributed by atoms with van der Waals surface area (Å²) in [5, 5.41) is 9.32. The number of hydrogen-bond donors (Lipinski definition) is 1. The summed E-state index contributed by atoms with van der Waals surface area (Å²) in [7, 11) is 3.24. The van der Waals surface area contributed by atoms with Crippen LogP contribution < -0.4 is 9.47 Å². The summed E-state index contributed by atoms with van der Waals surface area (Å²) in [6.45, 7) is 1.88. The van der Waals surface area contributed by atoms with Gasteiger partial charge in [0.25, 0.3) is 0 Å². The first-order valence-corrected chi connectivity index (χ1v) is 6.21. The first kappa shape index (κ1) is 13.1. The third-order valence-corrected chi connectivity index (χ3v) is 3.43. The fourth-order valence-corrected chi connectivity index (χ4v) is 2.47. The molecule has 1 atom stereocenters. The van der Waals surface area contributed by atoms with E-state index in [9.17, 15) is 5.11 Å². The molecule has 0 bridgehead atoms. The molecule has 18 heavy (non-hydrogen) atoms. The van der Waals surface area contributed by atoms with Gasteiger partial charge in [-0.3, -0.25) is 9.88 Å². The molecule has 5 heteroatoms. The Bertz CT molecular complexity index is 398. The molecule has 1 saturated heterocycles. The molecule has 2 rings (SSSR count). The zero-order valence-corrected chi connectivity index (χ0v) is 10.9. The number of likely N-dealkylation sites (tertiary alicyclic amines) is 1. The molecule has 1 aromatic rings. The Morgan fingerprint density at radius 1 is 1.44 bits per heavy atom. The standard InChI is InChI=1S/C13H20N2O3/c1-17-12-5-6-14-11(13(12)18-2)8-15-7-3-4-10(15)9-16/h5-6,10,16H,3-4,7-9H2,1-2H3. The van der Waals surface area contributed by atoms with Crippen LogP contribution in [0.1, 0.15) is 18.5 Å². The molecule has 1 N–H and O–H groups in total. The minimum atomic E-state index is 0.201. The molecule has 1 aliphatic rings. The Hall–Kier alpha value is -1.33. The van der Waals surface area contributed by atoms with Gasteiger partial charge in [-0.15, -0.1) is 0 Å². The van der Waals surface area contributed by atoms with Gasteiger partial charge in [-0.1, -0.05) is 0 Å². The molecular formula is C13H20N2O3. The highest BCUT2D eigenvalue weighted by Gasteiger charge is 2.25. The molecule has 2 heterocycles. The lowest BCUT2D eigenvalue weighted by Crippen LogP contribution is -2.32. The summed E-state index contributed by atoms with van der Waals surface area (Å²) in [6, 6.07) is 2.03. The van der Waals surface area contributed by atoms with E-state index in [-0.39, 0.29) is 12.6 Å². The van der Waals surface area contributed by atoms with Crippen molar-refractivity contribution in [3.8, 4) is 11.5 Å². The maximum Gasteiger partial charge on any atom is 0.183 e. The van der Waals surface area contributed by atoms with E-state index >= 15 is 0 Å². The number of aromatic nitrogens is 1. The molecule has 0 saturated carbocycles. The van der Waals surface area contributed by atoms with Crippen molar-refractivity contribution in [2.75, 3.05) is 27.4 Å². The summed E-state index contributed by atoms with van der Waals surface area (Å²) in [6.07, 6.45) is 3.89. The summed E-state index contributed by atoms with van der Waals surface area (Å²) >= 11 is 0. The monoisotopic (exact) mass is 252 g/mol. The van der Waals surface area contributed by atoms with Crippen LogP contribution in [0.2, 0.25) is 0 Å². The number of aliphatic hydroxyl groups excluding tert-OH is 1. The predicted octanol–water partition coefficient (Wildman–Crippen LogP) is 1.06. The van der Waals surface area contributed by atoms with Gasteiger partial charge in [0.15, 0.2) is 11.5 Å². The molecule has 0 aromatic carbocycles. The van der Waals surface area contributed by atoms with Crippen LogP contribution in [0.4, 0.5) is 0 Å². The SMILES string of the molecule is COc1ccnc(CN2CCCC2CO)c1OC. The van der Waals surface area contributed by atoms with Gasteiger partial charge in [-0.25, -0.2) is 0 Å². The van der Waals surface area contributed by atoms with Gasteiger partial charge in [0.2, 0.25) is 0 Å². The second kappa shape index (κ2) is 6.02. The van der Waals surface area contributed by atoms with Crippen molar-refractivity contribution in [3.05, 3.63) is 18.0 Å². The Labute approximate surface area is 107 Å². The van der Waals surface area contributed by atoms with Gasteiger partial charge in [-0.05, 0) is 19.4 Å². The highest BCUT2D eigenvalue weighted by molar-refractivity contribution is 5.42. The van der Waals surface area contributed by atoms with E-state index in [1.165, 1.54) is 0 Å². The Kier molecular flexibility index (Phi) is 4.38. The van der Waals surface area contributed by atoms with Crippen LogP contribution >= 0.6 is 0 Å². The average Bonchev–Trinajstić information content (AvgIpc) is 2.85. The van der Waals surface area contributed by atoms with E-state index in [1.807, 2.05) is 0 Å². The van der Waals surface area contributed by atoms with Crippen LogP contribution in [0.5, 0.6) is 11.5 Å². The third-order valence-electron chi connectivity index (χ3n) is 3.43. The summed E-state index contributed by atoms with van der Waals surface area (Å²) in [5.41, 5.74) is 0.859. The molecule has 100 valence electrons. The minimum absolute atomic E-state index is 0.201. The second-order valence-electron chi connectivity index (χ2n) is 4.44. The lowest BCUT2D eigenvalue weighted by atomic mass is 10.2. The van der Waals surface area contributed by atoms with Gasteiger partial charge >= 0.3 is 0 Å². The number of methoxy groups -OCH3 is 2. The maximum absolute atomic E-state index is 9.32. The van der Waals surface area contributed by atoms with E-state index in [0.717, 1.165) is 25.1 Å². The van der Waals surface area contributed by atoms with E-state index in [4.69, 9.17) is 9.47 Å². The molecule has 0 radical (unpaired) electrons. The van der Waals surface area contributed by atoms with Crippen LogP contribution in [-0.2, 0) is 6.54 Å². The molecule has 5 nitrogen and oxygen atoms in total. The zero-order valence-electron chi connectivity index (χ0n) is 10.9. The van der Waals surface area contributed by atoms with Gasteiger partial charge in [0, 0.05) is 24.8 Å². The van der Waals surface area contributed by atoms with Crippen molar-refractivity contribution < 1.29 is 14.6 Å². The van der Waals surface area contributed by atoms with Crippen LogP contribution in [0, 0.1) is 0 Å². The lowest BCUT2D eigenvalue weighted by molar-refractivity contribution is 0.151. The van der Waals surface area contributed by atoms with E-state index in [2.05, 4.69) is 9.88 Å².